The normalized spacial score (nSPS) is 18.8. The van der Waals surface area contributed by atoms with Crippen molar-refractivity contribution in [2.24, 2.45) is 0 Å². The third-order valence-corrected chi connectivity index (χ3v) is 2.69. The van der Waals surface area contributed by atoms with Crippen molar-refractivity contribution in [1.29, 1.82) is 0 Å². The monoisotopic (exact) mass is 265 g/mol. The van der Waals surface area contributed by atoms with E-state index >= 15 is 0 Å². The third-order valence-electron chi connectivity index (χ3n) is 2.69. The van der Waals surface area contributed by atoms with Crippen molar-refractivity contribution >= 4 is 11.7 Å². The Balaban J connectivity index is 2.24. The smallest absolute Gasteiger partial charge is 0.309 e. The number of nitrogens with zero attached hydrogens (tertiary/aromatic N) is 1. The van der Waals surface area contributed by atoms with Gasteiger partial charge >= 0.3 is 5.97 Å². The number of carbonyl (C=O) groups excluding carboxylic acids is 1. The van der Waals surface area contributed by atoms with Crippen LogP contribution in [0, 0.1) is 10.1 Å². The first-order chi connectivity index (χ1) is 9.02. The number of carbonyl (C=O) groups is 1. The lowest BCUT2D eigenvalue weighted by Gasteiger charge is -2.02. The summed E-state index contributed by atoms with van der Waals surface area (Å²) in [4.78, 5) is 21.1. The first-order valence-electron chi connectivity index (χ1n) is 5.44. The van der Waals surface area contributed by atoms with E-state index in [1.165, 1.54) is 31.4 Å². The van der Waals surface area contributed by atoms with Gasteiger partial charge in [0.25, 0.3) is 5.69 Å². The molecule has 1 aliphatic rings. The van der Waals surface area contributed by atoms with Crippen molar-refractivity contribution in [1.82, 2.24) is 0 Å². The maximum Gasteiger partial charge on any atom is 0.309 e. The summed E-state index contributed by atoms with van der Waals surface area (Å²) < 4.78 is 9.79. The number of esters is 1. The number of aliphatic hydroxyl groups is 1. The molecule has 1 atom stereocenters. The van der Waals surface area contributed by atoms with Crippen LogP contribution in [0.2, 0.25) is 0 Å². The van der Waals surface area contributed by atoms with E-state index in [1.807, 2.05) is 0 Å². The summed E-state index contributed by atoms with van der Waals surface area (Å²) in [6, 6.07) is 3.95. The van der Waals surface area contributed by atoms with Crippen molar-refractivity contribution in [3.63, 3.8) is 0 Å². The van der Waals surface area contributed by atoms with Crippen LogP contribution in [-0.4, -0.2) is 23.1 Å². The van der Waals surface area contributed by atoms with Crippen LogP contribution >= 0.6 is 0 Å². The molecule has 0 spiro atoms. The van der Waals surface area contributed by atoms with Crippen LogP contribution < -0.4 is 4.74 Å². The molecule has 2 rings (SSSR count). The molecule has 1 unspecified atom stereocenters. The van der Waals surface area contributed by atoms with Gasteiger partial charge in [0.1, 0.15) is 17.6 Å². The number of ether oxygens (including phenoxy) is 2. The van der Waals surface area contributed by atoms with Crippen LogP contribution in [0.15, 0.2) is 30.0 Å². The fraction of sp³-hybridized carbons (Fsp3) is 0.250. The summed E-state index contributed by atoms with van der Waals surface area (Å²) >= 11 is 0. The first-order valence-corrected chi connectivity index (χ1v) is 5.44. The zero-order chi connectivity index (χ0) is 14.0. The van der Waals surface area contributed by atoms with Gasteiger partial charge in [0.2, 0.25) is 0 Å². The zero-order valence-corrected chi connectivity index (χ0v) is 10.0. The molecule has 0 radical (unpaired) electrons. The maximum absolute atomic E-state index is 11.0. The highest BCUT2D eigenvalue weighted by atomic mass is 16.6. The standard InChI is InChI=1S/C12H11NO6/c1-18-11(14)5-4-10-12(15)8-6-7(13(16)17)2-3-9(8)19-10/h2-4,6,12,15H,5H2,1H3/b10-4+. The highest BCUT2D eigenvalue weighted by molar-refractivity contribution is 5.71. The number of hydrogen-bond donors (Lipinski definition) is 1. The molecule has 1 aliphatic heterocycles. The largest absolute Gasteiger partial charge is 0.469 e. The quantitative estimate of drug-likeness (QED) is 0.504. The van der Waals surface area contributed by atoms with E-state index in [4.69, 9.17) is 4.74 Å². The number of non-ortho nitro benzene ring substituents is 1. The van der Waals surface area contributed by atoms with Crippen molar-refractivity contribution in [2.75, 3.05) is 7.11 Å². The van der Waals surface area contributed by atoms with Crippen LogP contribution in [0.25, 0.3) is 0 Å². The van der Waals surface area contributed by atoms with Gasteiger partial charge < -0.3 is 14.6 Å². The molecule has 0 saturated heterocycles. The fourth-order valence-electron chi connectivity index (χ4n) is 1.71. The molecule has 0 saturated carbocycles. The molecule has 0 bridgehead atoms. The van der Waals surface area contributed by atoms with Crippen LogP contribution in [-0.2, 0) is 9.53 Å². The Labute approximate surface area is 108 Å². The van der Waals surface area contributed by atoms with Gasteiger partial charge in [0.05, 0.1) is 18.5 Å². The third kappa shape index (κ3) is 2.55. The van der Waals surface area contributed by atoms with E-state index in [-0.39, 0.29) is 17.9 Å². The lowest BCUT2D eigenvalue weighted by molar-refractivity contribution is -0.385. The minimum Gasteiger partial charge on any atom is -0.469 e. The van der Waals surface area contributed by atoms with Crippen molar-refractivity contribution < 1.29 is 24.3 Å². The van der Waals surface area contributed by atoms with E-state index < -0.39 is 17.0 Å². The Bertz CT molecular complexity index is 565. The van der Waals surface area contributed by atoms with Gasteiger partial charge in [-0.15, -0.1) is 0 Å². The molecule has 100 valence electrons. The summed E-state index contributed by atoms with van der Waals surface area (Å²) in [5.74, 6) is 0.0420. The topological polar surface area (TPSA) is 98.9 Å². The van der Waals surface area contributed by atoms with Crippen LogP contribution in [0.1, 0.15) is 18.1 Å². The van der Waals surface area contributed by atoms with Crippen molar-refractivity contribution in [3.8, 4) is 5.75 Å². The van der Waals surface area contributed by atoms with E-state index in [0.717, 1.165) is 0 Å². The zero-order valence-electron chi connectivity index (χ0n) is 10.0. The Hall–Kier alpha value is -2.41. The summed E-state index contributed by atoms with van der Waals surface area (Å²) in [5, 5.41) is 20.6. The number of methoxy groups -OCH3 is 1. The van der Waals surface area contributed by atoms with E-state index in [1.54, 1.807) is 0 Å². The number of nitro benzene ring substituents is 1. The summed E-state index contributed by atoms with van der Waals surface area (Å²) in [5.41, 5.74) is 0.181. The molecular weight excluding hydrogens is 254 g/mol. The SMILES string of the molecule is COC(=O)C/C=C1/Oc2ccc([N+](=O)[O-])cc2C1O. The minimum absolute atomic E-state index is 0.0427. The molecular formula is C12H11NO6. The molecule has 0 aromatic heterocycles. The Morgan fingerprint density at radius 3 is 3.00 bits per heavy atom. The Morgan fingerprint density at radius 2 is 2.37 bits per heavy atom. The second-order valence-electron chi connectivity index (χ2n) is 3.87. The average molecular weight is 265 g/mol. The Kier molecular flexibility index (Phi) is 3.48. The molecule has 1 aromatic carbocycles. The van der Waals surface area contributed by atoms with E-state index in [9.17, 15) is 20.0 Å². The highest BCUT2D eigenvalue weighted by Gasteiger charge is 2.29. The van der Waals surface area contributed by atoms with Crippen LogP contribution in [0.4, 0.5) is 5.69 Å². The molecule has 7 heteroatoms. The second kappa shape index (κ2) is 5.07. The summed E-state index contributed by atoms with van der Waals surface area (Å²) in [6.45, 7) is 0. The number of benzene rings is 1. The van der Waals surface area contributed by atoms with Gasteiger partial charge in [0, 0.05) is 17.7 Å². The highest BCUT2D eigenvalue weighted by Crippen LogP contribution is 2.40. The minimum atomic E-state index is -1.11. The van der Waals surface area contributed by atoms with Gasteiger partial charge in [-0.25, -0.2) is 0 Å². The number of nitro groups is 1. The summed E-state index contributed by atoms with van der Waals surface area (Å²) in [7, 11) is 1.25. The van der Waals surface area contributed by atoms with E-state index in [0.29, 0.717) is 11.3 Å². The number of fused-ring (bicyclic) bond motifs is 1. The predicted octanol–water partition coefficient (Wildman–Crippen LogP) is 1.47. The lowest BCUT2D eigenvalue weighted by Crippen LogP contribution is -2.02. The van der Waals surface area contributed by atoms with Gasteiger partial charge in [0.15, 0.2) is 0 Å². The average Bonchev–Trinajstić information content (AvgIpc) is 2.72. The van der Waals surface area contributed by atoms with Crippen molar-refractivity contribution in [2.45, 2.75) is 12.5 Å². The van der Waals surface area contributed by atoms with Gasteiger partial charge in [-0.1, -0.05) is 0 Å². The van der Waals surface area contributed by atoms with Crippen molar-refractivity contribution in [3.05, 3.63) is 45.7 Å². The van der Waals surface area contributed by atoms with Gasteiger partial charge in [-0.2, -0.15) is 0 Å². The van der Waals surface area contributed by atoms with Crippen LogP contribution in [0.3, 0.4) is 0 Å². The molecule has 0 amide bonds. The molecule has 0 aliphatic carbocycles. The number of hydrogen-bond acceptors (Lipinski definition) is 6. The molecule has 1 N–H and O–H groups in total. The second-order valence-corrected chi connectivity index (χ2v) is 3.87. The molecule has 19 heavy (non-hydrogen) atoms. The predicted molar refractivity (Wildman–Crippen MR) is 63.4 cm³/mol. The van der Waals surface area contributed by atoms with Crippen LogP contribution in [0.5, 0.6) is 5.75 Å². The number of rotatable bonds is 3. The molecule has 1 heterocycles. The molecule has 0 fully saturated rings. The summed E-state index contributed by atoms with van der Waals surface area (Å²) in [6.07, 6.45) is 0.237. The maximum atomic E-state index is 11.0. The van der Waals surface area contributed by atoms with Gasteiger partial charge in [-0.05, 0) is 12.1 Å². The lowest BCUT2D eigenvalue weighted by atomic mass is 10.1. The fourth-order valence-corrected chi connectivity index (χ4v) is 1.71. The molecule has 1 aromatic rings. The van der Waals surface area contributed by atoms with E-state index in [2.05, 4.69) is 4.74 Å². The number of aliphatic hydroxyl groups excluding tert-OH is 1. The van der Waals surface area contributed by atoms with Gasteiger partial charge in [-0.3, -0.25) is 14.9 Å². The first kappa shape index (κ1) is 13.0. The molecule has 7 nitrogen and oxygen atoms in total. The Morgan fingerprint density at radius 1 is 1.63 bits per heavy atom.